The van der Waals surface area contributed by atoms with Crippen LogP contribution in [0, 0.1) is 5.82 Å². The van der Waals surface area contributed by atoms with Crippen LogP contribution in [0.3, 0.4) is 0 Å². The number of piperidine rings is 1. The number of nitrogens with one attached hydrogen (secondary N) is 3. The lowest BCUT2D eigenvalue weighted by Crippen LogP contribution is -2.44. The number of anilines is 4. The molecule has 3 N–H and O–H groups in total. The van der Waals surface area contributed by atoms with Crippen molar-refractivity contribution >= 4 is 34.8 Å². The molecule has 3 aliphatic heterocycles. The molecule has 1 unspecified atom stereocenters. The topological polar surface area (TPSA) is 98.8 Å². The number of aromatic nitrogens is 1. The van der Waals surface area contributed by atoms with Gasteiger partial charge in [-0.1, -0.05) is 6.58 Å². The number of carbonyl (C=O) groups is 2. The third-order valence-corrected chi connectivity index (χ3v) is 6.64. The molecule has 5 rings (SSSR count). The van der Waals surface area contributed by atoms with Crippen LogP contribution in [0.4, 0.5) is 27.4 Å². The van der Waals surface area contributed by atoms with Gasteiger partial charge in [0.05, 0.1) is 18.8 Å². The minimum absolute atomic E-state index is 0.0746. The monoisotopic (exact) mass is 480 g/mol. The Morgan fingerprint density at radius 3 is 2.71 bits per heavy atom. The van der Waals surface area contributed by atoms with Gasteiger partial charge in [-0.05, 0) is 43.2 Å². The van der Waals surface area contributed by atoms with E-state index in [2.05, 4.69) is 32.4 Å². The predicted molar refractivity (Wildman–Crippen MR) is 132 cm³/mol. The summed E-state index contributed by atoms with van der Waals surface area (Å²) < 4.78 is 20.8. The second-order valence-electron chi connectivity index (χ2n) is 8.90. The number of pyridine rings is 1. The molecular weight excluding hydrogens is 451 g/mol. The van der Waals surface area contributed by atoms with Crippen LogP contribution in [0.1, 0.15) is 28.8 Å². The first-order valence-electron chi connectivity index (χ1n) is 11.9. The molecule has 1 atom stereocenters. The Labute approximate surface area is 203 Å². The van der Waals surface area contributed by atoms with Crippen molar-refractivity contribution in [3.05, 3.63) is 53.9 Å². The van der Waals surface area contributed by atoms with Crippen molar-refractivity contribution in [3.8, 4) is 0 Å². The van der Waals surface area contributed by atoms with Gasteiger partial charge in [0, 0.05) is 55.7 Å². The summed E-state index contributed by atoms with van der Waals surface area (Å²) in [5.41, 5.74) is 2.34. The van der Waals surface area contributed by atoms with Crippen molar-refractivity contribution < 1.29 is 18.7 Å². The van der Waals surface area contributed by atoms with Gasteiger partial charge in [-0.3, -0.25) is 9.59 Å². The van der Waals surface area contributed by atoms with Crippen molar-refractivity contribution in [1.82, 2.24) is 15.2 Å². The maximum Gasteiger partial charge on any atom is 0.255 e. The molecule has 3 aliphatic rings. The fourth-order valence-electron chi connectivity index (χ4n) is 4.80. The summed E-state index contributed by atoms with van der Waals surface area (Å²) in [6.07, 6.45) is 2.87. The Bertz CT molecular complexity index is 1130. The molecule has 0 spiro atoms. The predicted octanol–water partition coefficient (Wildman–Crippen LogP) is 2.63. The van der Waals surface area contributed by atoms with Crippen molar-refractivity contribution in [1.29, 1.82) is 0 Å². The van der Waals surface area contributed by atoms with Crippen LogP contribution in [0.5, 0.6) is 0 Å². The van der Waals surface area contributed by atoms with E-state index in [1.165, 1.54) is 6.08 Å². The van der Waals surface area contributed by atoms with E-state index in [1.54, 1.807) is 4.90 Å². The molecule has 2 amide bonds. The van der Waals surface area contributed by atoms with E-state index in [4.69, 9.17) is 4.74 Å². The van der Waals surface area contributed by atoms with E-state index in [0.29, 0.717) is 32.1 Å². The number of nitrogens with zero attached hydrogens (tertiary/aromatic N) is 3. The van der Waals surface area contributed by atoms with Crippen LogP contribution < -0.4 is 20.9 Å². The SMILES string of the molecule is C=CC(=O)N1CCCC(Nc2nc(Nc3ccc(N4CCOCC4)cc3)c3c(c2F)CNC3=O)C1. The maximum atomic E-state index is 15.3. The quantitative estimate of drug-likeness (QED) is 0.547. The Kier molecular flexibility index (Phi) is 6.54. The zero-order valence-corrected chi connectivity index (χ0v) is 19.5. The van der Waals surface area contributed by atoms with E-state index in [0.717, 1.165) is 37.3 Å². The maximum absolute atomic E-state index is 15.3. The van der Waals surface area contributed by atoms with Crippen LogP contribution in [-0.4, -0.2) is 67.1 Å². The number of hydrogen-bond acceptors (Lipinski definition) is 7. The molecule has 0 bridgehead atoms. The van der Waals surface area contributed by atoms with Crippen molar-refractivity contribution in [2.24, 2.45) is 0 Å². The lowest BCUT2D eigenvalue weighted by Gasteiger charge is -2.33. The molecule has 4 heterocycles. The minimum Gasteiger partial charge on any atom is -0.378 e. The van der Waals surface area contributed by atoms with Gasteiger partial charge in [-0.15, -0.1) is 0 Å². The number of benzene rings is 1. The Morgan fingerprint density at radius 1 is 1.20 bits per heavy atom. The number of halogens is 1. The highest BCUT2D eigenvalue weighted by Gasteiger charge is 2.31. The highest BCUT2D eigenvalue weighted by atomic mass is 19.1. The third kappa shape index (κ3) is 4.79. The summed E-state index contributed by atoms with van der Waals surface area (Å²) in [6.45, 7) is 7.83. The van der Waals surface area contributed by atoms with Gasteiger partial charge < -0.3 is 30.5 Å². The second kappa shape index (κ2) is 9.91. The van der Waals surface area contributed by atoms with Gasteiger partial charge in [0.15, 0.2) is 11.6 Å². The normalized spacial score (nSPS) is 19.7. The summed E-state index contributed by atoms with van der Waals surface area (Å²) in [7, 11) is 0. The van der Waals surface area contributed by atoms with Crippen LogP contribution >= 0.6 is 0 Å². The van der Waals surface area contributed by atoms with E-state index in [9.17, 15) is 9.59 Å². The van der Waals surface area contributed by atoms with Gasteiger partial charge in [0.1, 0.15) is 5.82 Å². The van der Waals surface area contributed by atoms with Crippen molar-refractivity contribution in [2.45, 2.75) is 25.4 Å². The van der Waals surface area contributed by atoms with Gasteiger partial charge >= 0.3 is 0 Å². The lowest BCUT2D eigenvalue weighted by molar-refractivity contribution is -0.127. The highest BCUT2D eigenvalue weighted by molar-refractivity contribution is 6.03. The number of amides is 2. The van der Waals surface area contributed by atoms with E-state index in [-0.39, 0.29) is 41.3 Å². The number of ether oxygens (including phenoxy) is 1. The van der Waals surface area contributed by atoms with E-state index < -0.39 is 5.82 Å². The van der Waals surface area contributed by atoms with E-state index in [1.807, 2.05) is 24.3 Å². The molecule has 1 aromatic heterocycles. The molecule has 1 aromatic carbocycles. The zero-order chi connectivity index (χ0) is 24.4. The summed E-state index contributed by atoms with van der Waals surface area (Å²) in [4.78, 5) is 32.9. The van der Waals surface area contributed by atoms with Crippen LogP contribution in [0.25, 0.3) is 0 Å². The van der Waals surface area contributed by atoms with Crippen molar-refractivity contribution in [2.75, 3.05) is 54.9 Å². The first-order valence-corrected chi connectivity index (χ1v) is 11.9. The third-order valence-electron chi connectivity index (χ3n) is 6.64. The Balaban J connectivity index is 1.38. The second-order valence-corrected chi connectivity index (χ2v) is 8.90. The highest BCUT2D eigenvalue weighted by Crippen LogP contribution is 2.32. The van der Waals surface area contributed by atoms with Crippen LogP contribution in [-0.2, 0) is 16.1 Å². The number of rotatable bonds is 6. The standard InChI is InChI=1S/C25H29FN6O3/c1-2-20(33)32-9-3-4-17(15-32)29-24-22(26)19-14-27-25(34)21(19)23(30-24)28-16-5-7-18(8-6-16)31-10-12-35-13-11-31/h2,5-8,17H,1,3-4,9-15H2,(H,27,34)(H2,28,29,30). The van der Waals surface area contributed by atoms with Crippen LogP contribution in [0.15, 0.2) is 36.9 Å². The summed E-state index contributed by atoms with van der Waals surface area (Å²) >= 11 is 0. The molecule has 0 aliphatic carbocycles. The van der Waals surface area contributed by atoms with Gasteiger partial charge in [0.25, 0.3) is 5.91 Å². The first-order chi connectivity index (χ1) is 17.0. The van der Waals surface area contributed by atoms with Gasteiger partial charge in [-0.2, -0.15) is 0 Å². The molecule has 0 radical (unpaired) electrons. The van der Waals surface area contributed by atoms with Crippen LogP contribution in [0.2, 0.25) is 0 Å². The Hall–Kier alpha value is -3.66. The molecule has 9 nitrogen and oxygen atoms in total. The molecule has 10 heteroatoms. The average Bonchev–Trinajstić information content (AvgIpc) is 3.29. The number of morpholine rings is 1. The molecule has 2 aromatic rings. The summed E-state index contributed by atoms with van der Waals surface area (Å²) in [6, 6.07) is 7.69. The Morgan fingerprint density at radius 2 is 1.97 bits per heavy atom. The first kappa shape index (κ1) is 23.1. The summed E-state index contributed by atoms with van der Waals surface area (Å²) in [5, 5.41) is 9.07. The fraction of sp³-hybridized carbons (Fsp3) is 0.400. The smallest absolute Gasteiger partial charge is 0.255 e. The molecule has 184 valence electrons. The lowest BCUT2D eigenvalue weighted by atomic mass is 10.0. The zero-order valence-electron chi connectivity index (χ0n) is 19.5. The fourth-order valence-corrected chi connectivity index (χ4v) is 4.80. The molecular formula is C25H29FN6O3. The number of hydrogen-bond donors (Lipinski definition) is 3. The number of carbonyl (C=O) groups excluding carboxylic acids is 2. The average molecular weight is 481 g/mol. The van der Waals surface area contributed by atoms with Gasteiger partial charge in [-0.25, -0.2) is 9.37 Å². The largest absolute Gasteiger partial charge is 0.378 e. The number of likely N-dealkylation sites (tertiary alicyclic amines) is 1. The minimum atomic E-state index is -0.543. The molecule has 0 saturated carbocycles. The summed E-state index contributed by atoms with van der Waals surface area (Å²) in [5.74, 6) is -0.667. The molecule has 2 saturated heterocycles. The van der Waals surface area contributed by atoms with Crippen molar-refractivity contribution in [3.63, 3.8) is 0 Å². The molecule has 2 fully saturated rings. The van der Waals surface area contributed by atoms with Gasteiger partial charge in [0.2, 0.25) is 5.91 Å². The van der Waals surface area contributed by atoms with E-state index >= 15 is 4.39 Å². The molecule has 35 heavy (non-hydrogen) atoms. The number of fused-ring (bicyclic) bond motifs is 1.